The number of aromatic nitrogens is 5. The van der Waals surface area contributed by atoms with Gasteiger partial charge in [-0.15, -0.1) is 0 Å². The number of rotatable bonds is 7. The van der Waals surface area contributed by atoms with Crippen molar-refractivity contribution in [3.05, 3.63) is 83.4 Å². The van der Waals surface area contributed by atoms with Gasteiger partial charge in [-0.1, -0.05) is 35.8 Å². The third-order valence-corrected chi connectivity index (χ3v) is 5.97. The third kappa shape index (κ3) is 5.14. The Bertz CT molecular complexity index is 1660. The second-order valence-electron chi connectivity index (χ2n) is 8.90. The maximum atomic E-state index is 14.3. The number of esters is 1. The molecule has 13 heteroatoms. The Morgan fingerprint density at radius 2 is 1.82 bits per heavy atom. The minimum absolute atomic E-state index is 0.0640. The molecule has 2 aliphatic heterocycles. The number of nitrogens with zero attached hydrogens (tertiary/aromatic N) is 5. The number of alkyl halides is 3. The SMILES string of the molecule is CCCOC(=O)C(c1cc(-c2ccc(C)cc2C(F)(F)F)no1)n1cc2nc(-c3cccc(F)c3F)nc-2cn1. The molecular weight excluding hydrogens is 537 g/mol. The number of ether oxygens (including phenoxy) is 1. The molecule has 2 aromatic carbocycles. The molecule has 0 saturated carbocycles. The van der Waals surface area contributed by atoms with Crippen LogP contribution in [0.4, 0.5) is 22.0 Å². The van der Waals surface area contributed by atoms with Crippen LogP contribution in [0.15, 0.2) is 59.4 Å². The number of carbonyl (C=O) groups excluding carboxylic acids is 1. The van der Waals surface area contributed by atoms with Crippen LogP contribution < -0.4 is 0 Å². The second-order valence-corrected chi connectivity index (χ2v) is 8.90. The zero-order chi connectivity index (χ0) is 28.6. The van der Waals surface area contributed by atoms with Gasteiger partial charge in [0.2, 0.25) is 6.04 Å². The topological polar surface area (TPSA) is 95.9 Å². The van der Waals surface area contributed by atoms with Crippen molar-refractivity contribution in [2.24, 2.45) is 0 Å². The summed E-state index contributed by atoms with van der Waals surface area (Å²) in [5, 5.41) is 7.98. The van der Waals surface area contributed by atoms with Crippen LogP contribution in [0, 0.1) is 18.6 Å². The Hall–Kier alpha value is -4.68. The molecule has 3 aromatic rings. The predicted molar refractivity (Wildman–Crippen MR) is 131 cm³/mol. The fraction of sp³-hybridized carbons (Fsp3) is 0.222. The van der Waals surface area contributed by atoms with Crippen molar-refractivity contribution >= 4 is 5.97 Å². The Morgan fingerprint density at radius 3 is 2.58 bits per heavy atom. The first-order valence-corrected chi connectivity index (χ1v) is 12.0. The first kappa shape index (κ1) is 26.9. The summed E-state index contributed by atoms with van der Waals surface area (Å²) in [6.45, 7) is 3.38. The van der Waals surface area contributed by atoms with Crippen molar-refractivity contribution in [2.45, 2.75) is 32.5 Å². The first-order valence-electron chi connectivity index (χ1n) is 12.0. The Kier molecular flexibility index (Phi) is 7.04. The summed E-state index contributed by atoms with van der Waals surface area (Å²) in [7, 11) is 0. The van der Waals surface area contributed by atoms with Gasteiger partial charge in [-0.05, 0) is 31.5 Å². The van der Waals surface area contributed by atoms with Gasteiger partial charge in [0.1, 0.15) is 17.1 Å². The van der Waals surface area contributed by atoms with E-state index in [1.165, 1.54) is 49.6 Å². The smallest absolute Gasteiger partial charge is 0.417 e. The van der Waals surface area contributed by atoms with Crippen molar-refractivity contribution in [2.75, 3.05) is 6.61 Å². The van der Waals surface area contributed by atoms with Gasteiger partial charge in [-0.2, -0.15) is 18.3 Å². The zero-order valence-electron chi connectivity index (χ0n) is 21.0. The summed E-state index contributed by atoms with van der Waals surface area (Å²) in [5.74, 6) is -3.24. The highest BCUT2D eigenvalue weighted by atomic mass is 19.4. The number of hydrogen-bond donors (Lipinski definition) is 0. The molecule has 2 aliphatic rings. The minimum Gasteiger partial charge on any atom is -0.464 e. The number of imidazole rings is 1. The fourth-order valence-corrected chi connectivity index (χ4v) is 4.07. The summed E-state index contributed by atoms with van der Waals surface area (Å²) < 4.78 is 81.0. The molecule has 0 bridgehead atoms. The van der Waals surface area contributed by atoms with Gasteiger partial charge in [0.15, 0.2) is 23.2 Å². The van der Waals surface area contributed by atoms with E-state index in [0.29, 0.717) is 12.0 Å². The van der Waals surface area contributed by atoms with Crippen LogP contribution >= 0.6 is 0 Å². The monoisotopic (exact) mass is 557 g/mol. The number of hydrogen-bond acceptors (Lipinski definition) is 7. The van der Waals surface area contributed by atoms with Gasteiger partial charge in [-0.25, -0.2) is 28.2 Å². The van der Waals surface area contributed by atoms with Gasteiger partial charge in [0, 0.05) is 11.6 Å². The van der Waals surface area contributed by atoms with Crippen LogP contribution in [0.1, 0.15) is 36.3 Å². The molecule has 40 heavy (non-hydrogen) atoms. The Morgan fingerprint density at radius 1 is 1.05 bits per heavy atom. The van der Waals surface area contributed by atoms with Crippen molar-refractivity contribution in [1.29, 1.82) is 0 Å². The molecule has 1 unspecified atom stereocenters. The van der Waals surface area contributed by atoms with Crippen LogP contribution in [-0.2, 0) is 15.7 Å². The van der Waals surface area contributed by atoms with Crippen molar-refractivity contribution in [3.63, 3.8) is 0 Å². The lowest BCUT2D eigenvalue weighted by atomic mass is 10.0. The lowest BCUT2D eigenvalue weighted by Gasteiger charge is -2.16. The number of carbonyl (C=O) groups is 1. The lowest BCUT2D eigenvalue weighted by Crippen LogP contribution is -2.25. The summed E-state index contributed by atoms with van der Waals surface area (Å²) in [6, 6.07) is 7.18. The highest BCUT2D eigenvalue weighted by Crippen LogP contribution is 2.38. The van der Waals surface area contributed by atoms with E-state index < -0.39 is 35.4 Å². The van der Waals surface area contributed by atoms with Gasteiger partial charge in [0.05, 0.1) is 30.1 Å². The van der Waals surface area contributed by atoms with Crippen LogP contribution in [-0.4, -0.2) is 37.5 Å². The summed E-state index contributed by atoms with van der Waals surface area (Å²) in [4.78, 5) is 21.5. The summed E-state index contributed by atoms with van der Waals surface area (Å²) in [5.41, 5.74) is -0.640. The zero-order valence-corrected chi connectivity index (χ0v) is 21.0. The standard InChI is InChI=1S/C27H20F5N5O3/c1-3-9-39-26(38)24(22-11-19(36-40-22)15-8-7-14(2)10-17(15)27(30,31)32)37-13-21-20(12-33-37)34-25(35-21)16-5-4-6-18(28)23(16)29/h4-8,10-13,24H,3,9H2,1-2H3. The van der Waals surface area contributed by atoms with E-state index >= 15 is 0 Å². The summed E-state index contributed by atoms with van der Waals surface area (Å²) >= 11 is 0. The van der Waals surface area contributed by atoms with Crippen LogP contribution in [0.25, 0.3) is 34.0 Å². The molecule has 0 amide bonds. The molecule has 206 valence electrons. The molecule has 0 spiro atoms. The average Bonchev–Trinajstić information content (AvgIpc) is 3.56. The largest absolute Gasteiger partial charge is 0.464 e. The number of fused-ring (bicyclic) bond motifs is 1. The number of benzene rings is 2. The van der Waals surface area contributed by atoms with Crippen molar-refractivity contribution in [1.82, 2.24) is 24.9 Å². The Balaban J connectivity index is 1.57. The van der Waals surface area contributed by atoms with E-state index in [-0.39, 0.29) is 46.4 Å². The molecule has 5 rings (SSSR count). The number of aryl methyl sites for hydroxylation is 1. The van der Waals surface area contributed by atoms with E-state index in [4.69, 9.17) is 9.26 Å². The molecule has 8 nitrogen and oxygen atoms in total. The second kappa shape index (κ2) is 10.5. The van der Waals surface area contributed by atoms with Crippen LogP contribution in [0.3, 0.4) is 0 Å². The molecule has 1 atom stereocenters. The van der Waals surface area contributed by atoms with Gasteiger partial charge < -0.3 is 9.26 Å². The maximum absolute atomic E-state index is 14.3. The Labute approximate surface area is 223 Å². The quantitative estimate of drug-likeness (QED) is 0.172. The highest BCUT2D eigenvalue weighted by Gasteiger charge is 2.36. The van der Waals surface area contributed by atoms with E-state index in [1.807, 2.05) is 0 Å². The van der Waals surface area contributed by atoms with Crippen molar-refractivity contribution in [3.8, 4) is 34.0 Å². The maximum Gasteiger partial charge on any atom is 0.417 e. The molecule has 0 aliphatic carbocycles. The van der Waals surface area contributed by atoms with Crippen LogP contribution in [0.5, 0.6) is 0 Å². The molecule has 0 fully saturated rings. The van der Waals surface area contributed by atoms with Crippen molar-refractivity contribution < 1.29 is 36.0 Å². The molecule has 0 radical (unpaired) electrons. The molecule has 0 N–H and O–H groups in total. The van der Waals surface area contributed by atoms with Gasteiger partial charge in [-0.3, -0.25) is 0 Å². The number of halogens is 5. The van der Waals surface area contributed by atoms with Crippen LogP contribution in [0.2, 0.25) is 0 Å². The molecular formula is C27H20F5N5O3. The predicted octanol–water partition coefficient (Wildman–Crippen LogP) is 6.25. The van der Waals surface area contributed by atoms with E-state index in [1.54, 1.807) is 6.92 Å². The highest BCUT2D eigenvalue weighted by molar-refractivity contribution is 5.78. The fourth-order valence-electron chi connectivity index (χ4n) is 4.07. The van der Waals surface area contributed by atoms with E-state index in [2.05, 4.69) is 20.2 Å². The third-order valence-electron chi connectivity index (χ3n) is 5.97. The molecule has 3 heterocycles. The lowest BCUT2D eigenvalue weighted by molar-refractivity contribution is -0.147. The molecule has 1 aromatic heterocycles. The van der Waals surface area contributed by atoms with E-state index in [0.717, 1.165) is 16.8 Å². The molecule has 0 saturated heterocycles. The summed E-state index contributed by atoms with van der Waals surface area (Å²) in [6.07, 6.45) is -1.58. The van der Waals surface area contributed by atoms with E-state index in [9.17, 15) is 26.7 Å². The minimum atomic E-state index is -4.66. The first-order chi connectivity index (χ1) is 19.1. The van der Waals surface area contributed by atoms with Gasteiger partial charge in [0.25, 0.3) is 0 Å². The average molecular weight is 557 g/mol. The normalized spacial score (nSPS) is 12.6. The van der Waals surface area contributed by atoms with Gasteiger partial charge >= 0.3 is 12.1 Å².